The normalized spacial score (nSPS) is 27.3. The number of aromatic hydroxyl groups is 1. The van der Waals surface area contributed by atoms with Gasteiger partial charge in [0.05, 0.1) is 5.56 Å². The Bertz CT molecular complexity index is 1300. The molecule has 2 fully saturated rings. The number of carbonyl (C=O) groups excluding carboxylic acids is 3. The first-order valence-corrected chi connectivity index (χ1v) is 13.9. The SMILES string of the molecule is CC(=O)C1=C(O)[C@@]2(O)C(=O)C3=C(O)c4c(O)c(CCCC5CCNCC5)cc(N(C)C)c4C[C@H]3C[C@H]2CC1=O. The average Bonchev–Trinajstić information content (AvgIpc) is 2.87. The number of allylic oxidation sites excluding steroid dienone is 1. The zero-order chi connectivity index (χ0) is 28.2. The van der Waals surface area contributed by atoms with Crippen LogP contribution in [0.4, 0.5) is 5.69 Å². The van der Waals surface area contributed by atoms with Crippen molar-refractivity contribution in [2.75, 3.05) is 32.1 Å². The molecule has 9 heteroatoms. The van der Waals surface area contributed by atoms with Gasteiger partial charge in [0, 0.05) is 37.7 Å². The van der Waals surface area contributed by atoms with Crippen molar-refractivity contribution < 1.29 is 34.8 Å². The summed E-state index contributed by atoms with van der Waals surface area (Å²) in [5.41, 5.74) is -0.708. The number of anilines is 1. The maximum absolute atomic E-state index is 13.8. The number of phenols is 1. The summed E-state index contributed by atoms with van der Waals surface area (Å²) in [7, 11) is 3.77. The van der Waals surface area contributed by atoms with Gasteiger partial charge < -0.3 is 30.6 Å². The van der Waals surface area contributed by atoms with Gasteiger partial charge in [-0.15, -0.1) is 0 Å². The van der Waals surface area contributed by atoms with Crippen LogP contribution in [0.5, 0.6) is 5.75 Å². The van der Waals surface area contributed by atoms with E-state index in [1.807, 2.05) is 25.1 Å². The van der Waals surface area contributed by atoms with E-state index in [-0.39, 0.29) is 29.7 Å². The van der Waals surface area contributed by atoms with E-state index in [4.69, 9.17) is 0 Å². The number of nitrogens with zero attached hydrogens (tertiary/aromatic N) is 1. The molecule has 5 N–H and O–H groups in total. The predicted octanol–water partition coefficient (Wildman–Crippen LogP) is 2.92. The zero-order valence-corrected chi connectivity index (χ0v) is 22.8. The van der Waals surface area contributed by atoms with E-state index in [0.717, 1.165) is 51.4 Å². The van der Waals surface area contributed by atoms with E-state index in [9.17, 15) is 34.8 Å². The molecule has 0 amide bonds. The number of ketones is 3. The molecule has 1 aromatic carbocycles. The van der Waals surface area contributed by atoms with Crippen LogP contribution in [0.3, 0.4) is 0 Å². The summed E-state index contributed by atoms with van der Waals surface area (Å²) < 4.78 is 0. The van der Waals surface area contributed by atoms with Gasteiger partial charge in [-0.2, -0.15) is 0 Å². The van der Waals surface area contributed by atoms with Gasteiger partial charge in [0.2, 0.25) is 5.78 Å². The van der Waals surface area contributed by atoms with Crippen LogP contribution < -0.4 is 10.2 Å². The quantitative estimate of drug-likeness (QED) is 0.345. The van der Waals surface area contributed by atoms with Crippen molar-refractivity contribution in [3.05, 3.63) is 39.7 Å². The lowest BCUT2D eigenvalue weighted by molar-refractivity contribution is -0.147. The van der Waals surface area contributed by atoms with Crippen LogP contribution in [0, 0.1) is 17.8 Å². The van der Waals surface area contributed by atoms with Gasteiger partial charge in [0.1, 0.15) is 22.8 Å². The van der Waals surface area contributed by atoms with Gasteiger partial charge in [-0.3, -0.25) is 14.4 Å². The third-order valence-electron chi connectivity index (χ3n) is 9.22. The summed E-state index contributed by atoms with van der Waals surface area (Å²) in [6.45, 7) is 3.15. The molecule has 0 aromatic heterocycles. The highest BCUT2D eigenvalue weighted by Crippen LogP contribution is 2.53. The number of carbonyl (C=O) groups is 3. The Balaban J connectivity index is 1.56. The number of hydrogen-bond acceptors (Lipinski definition) is 9. The number of fused-ring (bicyclic) bond motifs is 3. The summed E-state index contributed by atoms with van der Waals surface area (Å²) in [6.07, 6.45) is 5.04. The molecular weight excluding hydrogens is 500 g/mol. The number of aryl methyl sites for hydroxylation is 1. The molecule has 210 valence electrons. The number of hydrogen-bond donors (Lipinski definition) is 5. The van der Waals surface area contributed by atoms with Crippen molar-refractivity contribution in [1.82, 2.24) is 5.32 Å². The van der Waals surface area contributed by atoms with Crippen LogP contribution in [0.1, 0.15) is 62.1 Å². The average molecular weight is 539 g/mol. The molecule has 0 unspecified atom stereocenters. The van der Waals surface area contributed by atoms with E-state index in [0.29, 0.717) is 29.9 Å². The smallest absolute Gasteiger partial charge is 0.202 e. The minimum Gasteiger partial charge on any atom is -0.508 e. The molecule has 1 aromatic rings. The lowest BCUT2D eigenvalue weighted by Gasteiger charge is -2.46. The molecule has 9 nitrogen and oxygen atoms in total. The van der Waals surface area contributed by atoms with Crippen LogP contribution in [0.15, 0.2) is 23.0 Å². The number of aliphatic hydroxyl groups is 3. The lowest BCUT2D eigenvalue weighted by Crippen LogP contribution is -2.57. The molecule has 1 saturated heterocycles. The fourth-order valence-corrected chi connectivity index (χ4v) is 7.17. The minimum absolute atomic E-state index is 0.0723. The Morgan fingerprint density at radius 1 is 1.13 bits per heavy atom. The lowest BCUT2D eigenvalue weighted by atomic mass is 9.59. The van der Waals surface area contributed by atoms with Gasteiger partial charge in [0.25, 0.3) is 0 Å². The van der Waals surface area contributed by atoms with Crippen LogP contribution in [-0.4, -0.2) is 70.6 Å². The molecular formula is C30H38N2O7. The Morgan fingerprint density at radius 2 is 1.82 bits per heavy atom. The molecule has 0 radical (unpaired) electrons. The summed E-state index contributed by atoms with van der Waals surface area (Å²) in [5.74, 6) is -4.46. The molecule has 39 heavy (non-hydrogen) atoms. The first kappa shape index (κ1) is 27.4. The van der Waals surface area contributed by atoms with Gasteiger partial charge in [0.15, 0.2) is 17.2 Å². The number of aliphatic hydroxyl groups excluding tert-OH is 2. The summed E-state index contributed by atoms with van der Waals surface area (Å²) in [6, 6.07) is 1.95. The maximum atomic E-state index is 13.8. The third-order valence-corrected chi connectivity index (χ3v) is 9.22. The van der Waals surface area contributed by atoms with E-state index in [2.05, 4.69) is 5.32 Å². The van der Waals surface area contributed by atoms with Gasteiger partial charge >= 0.3 is 0 Å². The van der Waals surface area contributed by atoms with Crippen LogP contribution in [0.2, 0.25) is 0 Å². The number of benzene rings is 1. The fraction of sp³-hybridized carbons (Fsp3) is 0.567. The standard InChI is InChI=1S/C30H38N2O7/c1-15(33)23-22(34)14-19-11-18-12-20-21(32(2)3)13-17(6-4-5-16-7-9-31-10-8-16)26(35)25(20)27(36)24(18)29(38)30(19,39)28(23)37/h13,16,18-19,31,35-37,39H,4-12,14H2,1-3H3/t18-,19+,30-/m1/s1. The number of nitrogens with one attached hydrogen (secondary N) is 1. The first-order valence-electron chi connectivity index (χ1n) is 13.9. The van der Waals surface area contributed by atoms with Gasteiger partial charge in [-0.1, -0.05) is 6.42 Å². The highest BCUT2D eigenvalue weighted by molar-refractivity contribution is 6.23. The fourth-order valence-electron chi connectivity index (χ4n) is 7.17. The Labute approximate surface area is 228 Å². The Morgan fingerprint density at radius 3 is 2.46 bits per heavy atom. The van der Waals surface area contributed by atoms with E-state index >= 15 is 0 Å². The molecule has 5 rings (SSSR count). The van der Waals surface area contributed by atoms with Crippen molar-refractivity contribution in [3.8, 4) is 5.75 Å². The van der Waals surface area contributed by atoms with Crippen molar-refractivity contribution in [1.29, 1.82) is 0 Å². The number of piperidine rings is 1. The largest absolute Gasteiger partial charge is 0.508 e. The van der Waals surface area contributed by atoms with Crippen molar-refractivity contribution in [3.63, 3.8) is 0 Å². The number of Topliss-reactive ketones (excluding diaryl/α,β-unsaturated/α-hetero) is 3. The van der Waals surface area contributed by atoms with E-state index in [1.54, 1.807) is 0 Å². The predicted molar refractivity (Wildman–Crippen MR) is 146 cm³/mol. The molecule has 4 aliphatic rings. The van der Waals surface area contributed by atoms with Crippen LogP contribution >= 0.6 is 0 Å². The third kappa shape index (κ3) is 4.36. The second-order valence-corrected chi connectivity index (χ2v) is 11.8. The van der Waals surface area contributed by atoms with Crippen molar-refractivity contribution >= 4 is 28.8 Å². The Hall–Kier alpha value is -3.17. The molecule has 3 atom stereocenters. The summed E-state index contributed by atoms with van der Waals surface area (Å²) >= 11 is 0. The summed E-state index contributed by atoms with van der Waals surface area (Å²) in [4.78, 5) is 40.4. The minimum atomic E-state index is -2.47. The second-order valence-electron chi connectivity index (χ2n) is 11.8. The topological polar surface area (TPSA) is 147 Å². The Kier molecular flexibility index (Phi) is 7.09. The first-order chi connectivity index (χ1) is 18.5. The second kappa shape index (κ2) is 10.1. The zero-order valence-electron chi connectivity index (χ0n) is 22.8. The monoisotopic (exact) mass is 538 g/mol. The highest BCUT2D eigenvalue weighted by Gasteiger charge is 2.60. The van der Waals surface area contributed by atoms with Gasteiger partial charge in [-0.05, 0) is 87.6 Å². The molecule has 1 heterocycles. The van der Waals surface area contributed by atoms with Crippen LogP contribution in [-0.2, 0) is 27.2 Å². The van der Waals surface area contributed by atoms with E-state index < -0.39 is 51.9 Å². The number of rotatable bonds is 6. The van der Waals surface area contributed by atoms with Crippen molar-refractivity contribution in [2.24, 2.45) is 17.8 Å². The highest BCUT2D eigenvalue weighted by atomic mass is 16.3. The molecule has 0 bridgehead atoms. The van der Waals surface area contributed by atoms with Crippen molar-refractivity contribution in [2.45, 2.75) is 63.9 Å². The molecule has 0 spiro atoms. The molecule has 1 saturated carbocycles. The number of phenolic OH excluding ortho intramolecular Hbond substituents is 1. The maximum Gasteiger partial charge on any atom is 0.202 e. The van der Waals surface area contributed by atoms with E-state index in [1.165, 1.54) is 0 Å². The molecule has 3 aliphatic carbocycles. The van der Waals surface area contributed by atoms with Crippen LogP contribution in [0.25, 0.3) is 5.76 Å². The molecule has 1 aliphatic heterocycles. The summed E-state index contributed by atoms with van der Waals surface area (Å²) in [5, 5.41) is 48.6. The van der Waals surface area contributed by atoms with Gasteiger partial charge in [-0.25, -0.2) is 0 Å².